The molecule has 0 aliphatic heterocycles. The fourth-order valence-corrected chi connectivity index (χ4v) is 9.23. The third-order valence-corrected chi connectivity index (χ3v) is 12.3. The van der Waals surface area contributed by atoms with Gasteiger partial charge in [0.1, 0.15) is 0 Å². The van der Waals surface area contributed by atoms with E-state index in [2.05, 4.69) is 254 Å². The van der Waals surface area contributed by atoms with Crippen molar-refractivity contribution in [2.75, 3.05) is 9.80 Å². The first kappa shape index (κ1) is 37.1. The maximum absolute atomic E-state index is 2.42. The van der Waals surface area contributed by atoms with Gasteiger partial charge in [0.2, 0.25) is 0 Å². The van der Waals surface area contributed by atoms with Gasteiger partial charge in [-0.05, 0) is 152 Å². The van der Waals surface area contributed by atoms with Gasteiger partial charge >= 0.3 is 0 Å². The summed E-state index contributed by atoms with van der Waals surface area (Å²) < 4.78 is 0. The molecular weight excluding hydrogens is 749 g/mol. The number of rotatable bonds is 8. The molecule has 0 atom stereocenters. The molecule has 0 bridgehead atoms. The van der Waals surface area contributed by atoms with E-state index in [0.717, 1.165) is 34.1 Å². The van der Waals surface area contributed by atoms with Crippen molar-refractivity contribution in [1.82, 2.24) is 0 Å². The van der Waals surface area contributed by atoms with Crippen LogP contribution in [0.3, 0.4) is 0 Å². The van der Waals surface area contributed by atoms with Gasteiger partial charge in [-0.3, -0.25) is 0 Å². The van der Waals surface area contributed by atoms with Gasteiger partial charge in [0.25, 0.3) is 0 Å². The second-order valence-electron chi connectivity index (χ2n) is 16.3. The highest BCUT2D eigenvalue weighted by atomic mass is 15.1. The number of para-hydroxylation sites is 2. The minimum Gasteiger partial charge on any atom is -0.310 e. The Kier molecular flexibility index (Phi) is 9.32. The average Bonchev–Trinajstić information content (AvgIpc) is 3.32. The molecule has 0 saturated carbocycles. The number of hydrogen-bond acceptors (Lipinski definition) is 2. The van der Waals surface area contributed by atoms with Crippen molar-refractivity contribution in [3.05, 3.63) is 242 Å². The van der Waals surface area contributed by atoms with Gasteiger partial charge in [-0.2, -0.15) is 0 Å². The van der Waals surface area contributed by atoms with Crippen LogP contribution in [0.2, 0.25) is 0 Å². The molecule has 11 rings (SSSR count). The van der Waals surface area contributed by atoms with E-state index < -0.39 is 0 Å². The zero-order valence-corrected chi connectivity index (χ0v) is 34.8. The zero-order valence-electron chi connectivity index (χ0n) is 34.8. The summed E-state index contributed by atoms with van der Waals surface area (Å²) in [7, 11) is 0. The molecule has 0 saturated heterocycles. The van der Waals surface area contributed by atoms with Gasteiger partial charge in [0.15, 0.2) is 0 Å². The Bertz CT molecular complexity index is 3180. The fraction of sp³-hybridized carbons (Fsp3) is 0.0333. The summed E-state index contributed by atoms with van der Waals surface area (Å²) in [6.45, 7) is 4.33. The topological polar surface area (TPSA) is 6.48 Å². The van der Waals surface area contributed by atoms with Crippen LogP contribution in [-0.4, -0.2) is 0 Å². The lowest BCUT2D eigenvalue weighted by Gasteiger charge is -2.28. The van der Waals surface area contributed by atoms with Crippen LogP contribution < -0.4 is 9.80 Å². The van der Waals surface area contributed by atoms with Crippen LogP contribution >= 0.6 is 0 Å². The maximum Gasteiger partial charge on any atom is 0.0468 e. The van der Waals surface area contributed by atoms with Gasteiger partial charge in [-0.1, -0.05) is 169 Å². The standard InChI is InChI=1S/C60H44N2/c1-41-21-25-45(26-22-41)59-55-35-33-54(62(50-19-7-4-8-20-50)52-32-30-44-14-10-12-16-48(44)38-52)40-58(55)60(46-27-23-42(2)24-28-46)56-36-34-53(39-57(56)59)61(49-17-5-3-6-18-49)51-31-29-43-13-9-11-15-47(43)37-51/h3-40H,1-2H3. The Balaban J connectivity index is 1.21. The Hall–Kier alpha value is -7.94. The fourth-order valence-electron chi connectivity index (χ4n) is 9.23. The number of nitrogens with zero attached hydrogens (tertiary/aromatic N) is 2. The van der Waals surface area contributed by atoms with Crippen molar-refractivity contribution in [1.29, 1.82) is 0 Å². The molecule has 0 amide bonds. The van der Waals surface area contributed by atoms with Crippen LogP contribution in [0.5, 0.6) is 0 Å². The molecule has 0 fully saturated rings. The predicted octanol–water partition coefficient (Wildman–Crippen LogP) is 17.2. The lowest BCUT2D eigenvalue weighted by molar-refractivity contribution is 1.29. The highest BCUT2D eigenvalue weighted by Gasteiger charge is 2.22. The summed E-state index contributed by atoms with van der Waals surface area (Å²) >= 11 is 0. The summed E-state index contributed by atoms with van der Waals surface area (Å²) in [5.74, 6) is 0. The Morgan fingerprint density at radius 1 is 0.242 bits per heavy atom. The predicted molar refractivity (Wildman–Crippen MR) is 266 cm³/mol. The molecule has 0 heterocycles. The first-order valence-electron chi connectivity index (χ1n) is 21.4. The smallest absolute Gasteiger partial charge is 0.0468 e. The highest BCUT2D eigenvalue weighted by Crippen LogP contribution is 2.48. The normalized spacial score (nSPS) is 11.4. The molecular formula is C60H44N2. The van der Waals surface area contributed by atoms with E-state index in [-0.39, 0.29) is 0 Å². The second-order valence-corrected chi connectivity index (χ2v) is 16.3. The molecule has 0 aliphatic rings. The van der Waals surface area contributed by atoms with E-state index in [1.165, 1.54) is 76.5 Å². The maximum atomic E-state index is 2.42. The lowest BCUT2D eigenvalue weighted by atomic mass is 9.85. The lowest BCUT2D eigenvalue weighted by Crippen LogP contribution is -2.10. The molecule has 0 unspecified atom stereocenters. The quantitative estimate of drug-likeness (QED) is 0.141. The molecule has 0 radical (unpaired) electrons. The van der Waals surface area contributed by atoms with Crippen LogP contribution in [0.1, 0.15) is 11.1 Å². The number of aryl methyl sites for hydroxylation is 2. The molecule has 11 aromatic rings. The van der Waals surface area contributed by atoms with Crippen LogP contribution in [0.25, 0.3) is 65.3 Å². The zero-order chi connectivity index (χ0) is 41.6. The molecule has 11 aromatic carbocycles. The summed E-state index contributed by atoms with van der Waals surface area (Å²) in [6, 6.07) is 84.5. The molecule has 0 aromatic heterocycles. The SMILES string of the molecule is Cc1ccc(-c2c3ccc(N(c4ccccc4)c4ccc5ccccc5c4)cc3c(-c3ccc(C)cc3)c3ccc(N(c4ccccc4)c4ccc5ccccc5c4)cc23)cc1. The van der Waals surface area contributed by atoms with Crippen molar-refractivity contribution >= 4 is 77.2 Å². The van der Waals surface area contributed by atoms with Crippen molar-refractivity contribution in [3.63, 3.8) is 0 Å². The van der Waals surface area contributed by atoms with Crippen LogP contribution in [0.15, 0.2) is 231 Å². The molecule has 2 nitrogen and oxygen atoms in total. The summed E-state index contributed by atoms with van der Waals surface area (Å²) in [6.07, 6.45) is 0. The van der Waals surface area contributed by atoms with Crippen molar-refractivity contribution in [2.24, 2.45) is 0 Å². The molecule has 294 valence electrons. The molecule has 0 N–H and O–H groups in total. The first-order chi connectivity index (χ1) is 30.6. The Morgan fingerprint density at radius 2 is 0.581 bits per heavy atom. The molecule has 62 heavy (non-hydrogen) atoms. The number of hydrogen-bond donors (Lipinski definition) is 0. The van der Waals surface area contributed by atoms with Crippen LogP contribution in [-0.2, 0) is 0 Å². The number of anilines is 6. The minimum atomic E-state index is 1.10. The van der Waals surface area contributed by atoms with Gasteiger partial charge in [-0.25, -0.2) is 0 Å². The minimum absolute atomic E-state index is 1.10. The number of fused-ring (bicyclic) bond motifs is 4. The van der Waals surface area contributed by atoms with E-state index in [1.807, 2.05) is 0 Å². The molecule has 0 aliphatic carbocycles. The van der Waals surface area contributed by atoms with E-state index in [9.17, 15) is 0 Å². The van der Waals surface area contributed by atoms with Gasteiger partial charge < -0.3 is 9.80 Å². The van der Waals surface area contributed by atoms with Crippen LogP contribution in [0.4, 0.5) is 34.1 Å². The van der Waals surface area contributed by atoms with Gasteiger partial charge in [-0.15, -0.1) is 0 Å². The van der Waals surface area contributed by atoms with E-state index in [4.69, 9.17) is 0 Å². The summed E-state index contributed by atoms with van der Waals surface area (Å²) in [5, 5.41) is 9.71. The van der Waals surface area contributed by atoms with Gasteiger partial charge in [0.05, 0.1) is 0 Å². The molecule has 0 spiro atoms. The van der Waals surface area contributed by atoms with Crippen molar-refractivity contribution in [2.45, 2.75) is 13.8 Å². The largest absolute Gasteiger partial charge is 0.310 e. The third kappa shape index (κ3) is 6.73. The second kappa shape index (κ2) is 15.6. The monoisotopic (exact) mass is 792 g/mol. The van der Waals surface area contributed by atoms with E-state index in [1.54, 1.807) is 0 Å². The van der Waals surface area contributed by atoms with E-state index >= 15 is 0 Å². The Labute approximate surface area is 363 Å². The molecule has 2 heteroatoms. The van der Waals surface area contributed by atoms with Crippen LogP contribution in [0, 0.1) is 13.8 Å². The average molecular weight is 793 g/mol. The van der Waals surface area contributed by atoms with E-state index in [0.29, 0.717) is 0 Å². The van der Waals surface area contributed by atoms with Crippen molar-refractivity contribution in [3.8, 4) is 22.3 Å². The summed E-state index contributed by atoms with van der Waals surface area (Å²) in [4.78, 5) is 4.79. The van der Waals surface area contributed by atoms with Gasteiger partial charge in [0, 0.05) is 34.1 Å². The van der Waals surface area contributed by atoms with Crippen molar-refractivity contribution < 1.29 is 0 Å². The third-order valence-electron chi connectivity index (χ3n) is 12.3. The first-order valence-corrected chi connectivity index (χ1v) is 21.4. The Morgan fingerprint density at radius 3 is 0.984 bits per heavy atom. The number of benzene rings is 11. The summed E-state index contributed by atoms with van der Waals surface area (Å²) in [5.41, 5.74) is 14.0. The highest BCUT2D eigenvalue weighted by molar-refractivity contribution is 6.22.